The van der Waals surface area contributed by atoms with Crippen molar-refractivity contribution in [2.24, 2.45) is 5.84 Å². The van der Waals surface area contributed by atoms with E-state index in [2.05, 4.69) is 10.3 Å². The number of hydrogen-bond acceptors (Lipinski definition) is 6. The number of nitrogens with one attached hydrogen (secondary N) is 1. The number of ether oxygens (including phenoxy) is 2. The lowest BCUT2D eigenvalue weighted by atomic mass is 10.3. The van der Waals surface area contributed by atoms with Crippen molar-refractivity contribution < 1.29 is 18.7 Å². The van der Waals surface area contributed by atoms with Crippen molar-refractivity contribution in [3.63, 3.8) is 0 Å². The third-order valence-corrected chi connectivity index (χ3v) is 2.86. The molecule has 0 fully saturated rings. The number of hydrazine groups is 1. The van der Waals surface area contributed by atoms with Crippen LogP contribution in [0.15, 0.2) is 16.7 Å². The Morgan fingerprint density at radius 1 is 1.35 bits per heavy atom. The van der Waals surface area contributed by atoms with Gasteiger partial charge in [0.1, 0.15) is 12.0 Å². The van der Waals surface area contributed by atoms with E-state index in [4.69, 9.17) is 19.7 Å². The number of nitrogens with zero attached hydrogens (tertiary/aromatic N) is 1. The Bertz CT molecular complexity index is 395. The first kappa shape index (κ1) is 16.6. The molecule has 1 heterocycles. The van der Waals surface area contributed by atoms with E-state index in [1.807, 2.05) is 0 Å². The maximum atomic E-state index is 11.3. The molecule has 0 saturated heterocycles. The van der Waals surface area contributed by atoms with Crippen LogP contribution in [0.5, 0.6) is 0 Å². The maximum absolute atomic E-state index is 11.3. The lowest BCUT2D eigenvalue weighted by molar-refractivity contribution is 0.0953. The van der Waals surface area contributed by atoms with Gasteiger partial charge in [0, 0.05) is 33.9 Å². The van der Waals surface area contributed by atoms with Gasteiger partial charge in [-0.2, -0.15) is 0 Å². The number of carbonyl (C=O) groups excluding carboxylic acids is 1. The topological polar surface area (TPSA) is 90.0 Å². The van der Waals surface area contributed by atoms with E-state index in [9.17, 15) is 4.79 Å². The molecule has 0 unspecified atom stereocenters. The molecule has 0 aliphatic carbocycles. The van der Waals surface area contributed by atoms with Gasteiger partial charge in [-0.15, -0.1) is 0 Å². The fourth-order valence-electron chi connectivity index (χ4n) is 1.81. The van der Waals surface area contributed by atoms with E-state index in [-0.39, 0.29) is 5.91 Å². The third-order valence-electron chi connectivity index (χ3n) is 2.86. The van der Waals surface area contributed by atoms with Gasteiger partial charge < -0.3 is 13.9 Å². The number of amides is 1. The molecule has 1 aromatic heterocycles. The normalized spacial score (nSPS) is 11.0. The molecule has 3 N–H and O–H groups in total. The fourth-order valence-corrected chi connectivity index (χ4v) is 1.81. The summed E-state index contributed by atoms with van der Waals surface area (Å²) in [5.74, 6) is 5.44. The summed E-state index contributed by atoms with van der Waals surface area (Å²) in [6.07, 6.45) is 2.33. The molecule has 114 valence electrons. The standard InChI is InChI=1S/C13H23N3O4/c1-18-6-3-4-16(5-7-19-2)9-12-8-11(10-20-12)13(17)15-14/h8,10H,3-7,9,14H2,1-2H3,(H,15,17). The van der Waals surface area contributed by atoms with Crippen LogP contribution in [0.4, 0.5) is 0 Å². The summed E-state index contributed by atoms with van der Waals surface area (Å²) in [5, 5.41) is 0. The minimum Gasteiger partial charge on any atom is -0.467 e. The van der Waals surface area contributed by atoms with Crippen LogP contribution in [-0.2, 0) is 16.0 Å². The van der Waals surface area contributed by atoms with E-state index in [1.165, 1.54) is 6.26 Å². The average Bonchev–Trinajstić information content (AvgIpc) is 2.92. The Kier molecular flexibility index (Phi) is 7.89. The number of nitrogen functional groups attached to an aromatic ring is 1. The zero-order valence-electron chi connectivity index (χ0n) is 12.1. The van der Waals surface area contributed by atoms with Crippen molar-refractivity contribution in [1.29, 1.82) is 0 Å². The van der Waals surface area contributed by atoms with E-state index in [0.717, 1.165) is 25.3 Å². The van der Waals surface area contributed by atoms with E-state index >= 15 is 0 Å². The first-order valence-corrected chi connectivity index (χ1v) is 6.49. The molecule has 1 rings (SSSR count). The van der Waals surface area contributed by atoms with Gasteiger partial charge in [-0.05, 0) is 12.5 Å². The Morgan fingerprint density at radius 2 is 2.10 bits per heavy atom. The Balaban J connectivity index is 2.53. The molecule has 0 radical (unpaired) electrons. The quantitative estimate of drug-likeness (QED) is 0.279. The molecule has 0 bridgehead atoms. The van der Waals surface area contributed by atoms with Crippen LogP contribution in [-0.4, -0.2) is 51.3 Å². The van der Waals surface area contributed by atoms with Crippen molar-refractivity contribution >= 4 is 5.91 Å². The number of methoxy groups -OCH3 is 2. The smallest absolute Gasteiger partial charge is 0.268 e. The largest absolute Gasteiger partial charge is 0.467 e. The number of nitrogens with two attached hydrogens (primary N) is 1. The van der Waals surface area contributed by atoms with Crippen molar-refractivity contribution in [1.82, 2.24) is 10.3 Å². The predicted octanol–water partition coefficient (Wildman–Crippen LogP) is 0.368. The summed E-state index contributed by atoms with van der Waals surface area (Å²) in [4.78, 5) is 13.5. The van der Waals surface area contributed by atoms with Gasteiger partial charge in [-0.1, -0.05) is 0 Å². The van der Waals surface area contributed by atoms with Gasteiger partial charge in [-0.25, -0.2) is 5.84 Å². The minimum absolute atomic E-state index is 0.358. The molecule has 0 atom stereocenters. The van der Waals surface area contributed by atoms with E-state index < -0.39 is 0 Å². The summed E-state index contributed by atoms with van der Waals surface area (Å²) in [6.45, 7) is 3.63. The number of hydrogen-bond donors (Lipinski definition) is 2. The first-order valence-electron chi connectivity index (χ1n) is 6.49. The predicted molar refractivity (Wildman–Crippen MR) is 74.0 cm³/mol. The van der Waals surface area contributed by atoms with Gasteiger partial charge in [0.2, 0.25) is 0 Å². The van der Waals surface area contributed by atoms with Crippen molar-refractivity contribution in [3.05, 3.63) is 23.7 Å². The van der Waals surface area contributed by atoms with Gasteiger partial charge in [0.15, 0.2) is 0 Å². The highest BCUT2D eigenvalue weighted by atomic mass is 16.5. The number of carbonyl (C=O) groups is 1. The summed E-state index contributed by atoms with van der Waals surface area (Å²) in [6, 6.07) is 1.69. The molecule has 0 aromatic carbocycles. The second-order valence-electron chi connectivity index (χ2n) is 4.39. The second-order valence-corrected chi connectivity index (χ2v) is 4.39. The van der Waals surface area contributed by atoms with E-state index in [0.29, 0.717) is 25.3 Å². The van der Waals surface area contributed by atoms with Gasteiger partial charge in [0.25, 0.3) is 5.91 Å². The monoisotopic (exact) mass is 285 g/mol. The zero-order chi connectivity index (χ0) is 14.8. The third kappa shape index (κ3) is 5.70. The van der Waals surface area contributed by atoms with Crippen molar-refractivity contribution in [2.75, 3.05) is 40.5 Å². The lowest BCUT2D eigenvalue weighted by Crippen LogP contribution is -2.30. The van der Waals surface area contributed by atoms with Gasteiger partial charge >= 0.3 is 0 Å². The Morgan fingerprint density at radius 3 is 2.75 bits per heavy atom. The molecular weight excluding hydrogens is 262 g/mol. The van der Waals surface area contributed by atoms with Crippen LogP contribution < -0.4 is 11.3 Å². The highest BCUT2D eigenvalue weighted by Gasteiger charge is 2.12. The van der Waals surface area contributed by atoms with Crippen LogP contribution in [0.3, 0.4) is 0 Å². The maximum Gasteiger partial charge on any atom is 0.268 e. The zero-order valence-corrected chi connectivity index (χ0v) is 12.1. The van der Waals surface area contributed by atoms with Crippen LogP contribution in [0, 0.1) is 0 Å². The molecule has 0 saturated carbocycles. The van der Waals surface area contributed by atoms with Crippen molar-refractivity contribution in [3.8, 4) is 0 Å². The molecule has 7 heteroatoms. The first-order chi connectivity index (χ1) is 9.71. The van der Waals surface area contributed by atoms with Crippen LogP contribution >= 0.6 is 0 Å². The second kappa shape index (κ2) is 9.49. The number of rotatable bonds is 10. The molecular formula is C13H23N3O4. The van der Waals surface area contributed by atoms with Crippen LogP contribution in [0.1, 0.15) is 22.5 Å². The summed E-state index contributed by atoms with van der Waals surface area (Å²) < 4.78 is 15.5. The summed E-state index contributed by atoms with van der Waals surface area (Å²) in [7, 11) is 3.35. The lowest BCUT2D eigenvalue weighted by Gasteiger charge is -2.20. The Hall–Kier alpha value is -1.41. The fraction of sp³-hybridized carbons (Fsp3) is 0.615. The van der Waals surface area contributed by atoms with E-state index in [1.54, 1.807) is 20.3 Å². The van der Waals surface area contributed by atoms with Gasteiger partial charge in [-0.3, -0.25) is 15.1 Å². The average molecular weight is 285 g/mol. The molecule has 0 spiro atoms. The minimum atomic E-state index is -0.358. The summed E-state index contributed by atoms with van der Waals surface area (Å²) in [5.41, 5.74) is 2.50. The van der Waals surface area contributed by atoms with Crippen molar-refractivity contribution in [2.45, 2.75) is 13.0 Å². The van der Waals surface area contributed by atoms with Gasteiger partial charge in [0.05, 0.1) is 18.7 Å². The highest BCUT2D eigenvalue weighted by Crippen LogP contribution is 2.11. The molecule has 0 aliphatic heterocycles. The molecule has 0 aliphatic rings. The molecule has 20 heavy (non-hydrogen) atoms. The molecule has 7 nitrogen and oxygen atoms in total. The van der Waals surface area contributed by atoms with Crippen LogP contribution in [0.2, 0.25) is 0 Å². The molecule has 1 aromatic rings. The molecule has 1 amide bonds. The number of furan rings is 1. The summed E-state index contributed by atoms with van der Waals surface area (Å²) >= 11 is 0. The SMILES string of the molecule is COCCCN(CCOC)Cc1cc(C(=O)NN)co1. The highest BCUT2D eigenvalue weighted by molar-refractivity contribution is 5.93. The van der Waals surface area contributed by atoms with Crippen LogP contribution in [0.25, 0.3) is 0 Å². The Labute approximate surface area is 119 Å².